The van der Waals surface area contributed by atoms with Crippen LogP contribution in [0.4, 0.5) is 0 Å². The summed E-state index contributed by atoms with van der Waals surface area (Å²) in [5, 5.41) is 25.1. The fourth-order valence-electron chi connectivity index (χ4n) is 0.185. The molecular formula is C11H24O4. The number of aliphatic hydroxyl groups is 2. The van der Waals surface area contributed by atoms with Gasteiger partial charge in [0.25, 0.3) is 0 Å². The average molecular weight is 220 g/mol. The molecule has 0 radical (unpaired) electrons. The third kappa shape index (κ3) is 8.39. The monoisotopic (exact) mass is 220 g/mol. The minimum atomic E-state index is -1.39. The molecule has 0 aliphatic carbocycles. The van der Waals surface area contributed by atoms with Gasteiger partial charge in [-0.15, -0.1) is 0 Å². The van der Waals surface area contributed by atoms with E-state index in [4.69, 9.17) is 15.3 Å². The van der Waals surface area contributed by atoms with Gasteiger partial charge in [-0.25, -0.2) is 0 Å². The normalized spacial score (nSPS) is 11.7. The predicted octanol–water partition coefficient (Wildman–Crippen LogP) is 1.50. The molecule has 0 saturated heterocycles. The predicted molar refractivity (Wildman–Crippen MR) is 59.7 cm³/mol. The van der Waals surface area contributed by atoms with Crippen LogP contribution < -0.4 is 0 Å². The van der Waals surface area contributed by atoms with Crippen LogP contribution in [0.1, 0.15) is 41.0 Å². The van der Waals surface area contributed by atoms with Crippen molar-refractivity contribution >= 4 is 5.97 Å². The molecule has 0 aromatic rings. The number of rotatable bonds is 3. The minimum absolute atomic E-state index is 0.542. The van der Waals surface area contributed by atoms with E-state index in [1.54, 1.807) is 0 Å². The third-order valence-corrected chi connectivity index (χ3v) is 2.27. The van der Waals surface area contributed by atoms with Crippen LogP contribution in [0.5, 0.6) is 0 Å². The number of hydrogen-bond acceptors (Lipinski definition) is 3. The lowest BCUT2D eigenvalue weighted by molar-refractivity contribution is -0.152. The number of carboxylic acids is 1. The largest absolute Gasteiger partial charge is 0.481 e. The molecule has 92 valence electrons. The average Bonchev–Trinajstić information content (AvgIpc) is 2.16. The van der Waals surface area contributed by atoms with Gasteiger partial charge >= 0.3 is 5.97 Å². The van der Waals surface area contributed by atoms with Crippen LogP contribution in [0.2, 0.25) is 0 Å². The highest BCUT2D eigenvalue weighted by atomic mass is 16.4. The Morgan fingerprint density at radius 3 is 1.33 bits per heavy atom. The Bertz CT molecular complexity index is 178. The van der Waals surface area contributed by atoms with Gasteiger partial charge in [-0.05, 0) is 12.3 Å². The molecule has 0 spiro atoms. The molecule has 0 aliphatic rings. The van der Waals surface area contributed by atoms with Crippen molar-refractivity contribution in [3.8, 4) is 0 Å². The number of carboxylic acid groups (broad SMARTS) is 1. The molecule has 15 heavy (non-hydrogen) atoms. The number of carbonyl (C=O) groups is 1. The second-order valence-electron chi connectivity index (χ2n) is 5.10. The van der Waals surface area contributed by atoms with Gasteiger partial charge in [-0.2, -0.15) is 0 Å². The summed E-state index contributed by atoms with van der Waals surface area (Å²) in [6, 6.07) is 0. The van der Waals surface area contributed by atoms with Crippen LogP contribution in [0.25, 0.3) is 0 Å². The van der Waals surface area contributed by atoms with E-state index in [1.807, 2.05) is 0 Å². The smallest absolute Gasteiger partial charge is 0.314 e. The Balaban J connectivity index is 0. The molecule has 0 unspecified atom stereocenters. The van der Waals surface area contributed by atoms with Crippen molar-refractivity contribution in [2.45, 2.75) is 41.0 Å². The number of hydrogen-bond donors (Lipinski definition) is 3. The van der Waals surface area contributed by atoms with Gasteiger partial charge in [0.15, 0.2) is 0 Å². The van der Waals surface area contributed by atoms with E-state index < -0.39 is 24.6 Å². The number of aliphatic carboxylic acids is 1. The van der Waals surface area contributed by atoms with E-state index in [9.17, 15) is 4.79 Å². The molecule has 0 bridgehead atoms. The van der Waals surface area contributed by atoms with Gasteiger partial charge in [-0.1, -0.05) is 34.1 Å². The van der Waals surface area contributed by atoms with Crippen LogP contribution >= 0.6 is 0 Å². The van der Waals surface area contributed by atoms with Gasteiger partial charge in [-0.3, -0.25) is 4.79 Å². The SMILES string of the molecule is CC(CO)(CO)C(=O)O.CCC(C)(C)C. The molecule has 0 saturated carbocycles. The molecule has 0 amide bonds. The summed E-state index contributed by atoms with van der Waals surface area (Å²) in [5.41, 5.74) is -0.847. The maximum Gasteiger partial charge on any atom is 0.314 e. The molecule has 0 heterocycles. The van der Waals surface area contributed by atoms with Crippen molar-refractivity contribution in [3.63, 3.8) is 0 Å². The summed E-state index contributed by atoms with van der Waals surface area (Å²) >= 11 is 0. The van der Waals surface area contributed by atoms with Gasteiger partial charge in [0.2, 0.25) is 0 Å². The summed E-state index contributed by atoms with van der Waals surface area (Å²) in [4.78, 5) is 10.2. The van der Waals surface area contributed by atoms with Crippen molar-refractivity contribution in [1.82, 2.24) is 0 Å². The van der Waals surface area contributed by atoms with Gasteiger partial charge < -0.3 is 15.3 Å². The molecule has 0 rings (SSSR count). The van der Waals surface area contributed by atoms with Gasteiger partial charge in [0, 0.05) is 0 Å². The standard InChI is InChI=1S/C6H14.C5H10O4/c1-5-6(2,3)4;1-5(2-6,3-7)4(8)9/h5H2,1-4H3;6-7H,2-3H2,1H3,(H,8,9). The maximum atomic E-state index is 10.2. The highest BCUT2D eigenvalue weighted by molar-refractivity contribution is 5.74. The van der Waals surface area contributed by atoms with E-state index in [-0.39, 0.29) is 0 Å². The summed E-state index contributed by atoms with van der Waals surface area (Å²) < 4.78 is 0. The Kier molecular flexibility index (Phi) is 7.62. The quantitative estimate of drug-likeness (QED) is 0.673. The van der Waals surface area contributed by atoms with Crippen molar-refractivity contribution in [2.75, 3.05) is 13.2 Å². The zero-order valence-electron chi connectivity index (χ0n) is 10.4. The van der Waals surface area contributed by atoms with Crippen molar-refractivity contribution in [3.05, 3.63) is 0 Å². The Morgan fingerprint density at radius 1 is 1.07 bits per heavy atom. The molecule has 0 atom stereocenters. The molecule has 4 heteroatoms. The first kappa shape index (κ1) is 16.8. The molecule has 0 aromatic carbocycles. The summed E-state index contributed by atoms with van der Waals surface area (Å²) in [7, 11) is 0. The molecule has 0 aromatic heterocycles. The van der Waals surface area contributed by atoms with E-state index in [0.717, 1.165) is 0 Å². The second kappa shape index (κ2) is 6.80. The van der Waals surface area contributed by atoms with Crippen LogP contribution in [0.3, 0.4) is 0 Å². The summed E-state index contributed by atoms with van der Waals surface area (Å²) in [6.07, 6.45) is 1.27. The van der Waals surface area contributed by atoms with E-state index >= 15 is 0 Å². The Hall–Kier alpha value is -0.610. The maximum absolute atomic E-state index is 10.2. The number of aliphatic hydroxyl groups excluding tert-OH is 2. The lowest BCUT2D eigenvalue weighted by Crippen LogP contribution is -2.35. The molecular weight excluding hydrogens is 196 g/mol. The fourth-order valence-corrected chi connectivity index (χ4v) is 0.185. The van der Waals surface area contributed by atoms with Crippen molar-refractivity contribution in [2.24, 2.45) is 10.8 Å². The van der Waals surface area contributed by atoms with Gasteiger partial charge in [0.1, 0.15) is 5.41 Å². The van der Waals surface area contributed by atoms with E-state index in [0.29, 0.717) is 5.41 Å². The van der Waals surface area contributed by atoms with E-state index in [1.165, 1.54) is 13.3 Å². The minimum Gasteiger partial charge on any atom is -0.481 e. The van der Waals surface area contributed by atoms with Crippen LogP contribution in [0, 0.1) is 10.8 Å². The zero-order chi connectivity index (χ0) is 12.7. The van der Waals surface area contributed by atoms with Crippen LogP contribution in [-0.4, -0.2) is 34.5 Å². The van der Waals surface area contributed by atoms with Crippen molar-refractivity contribution < 1.29 is 20.1 Å². The van der Waals surface area contributed by atoms with Crippen molar-refractivity contribution in [1.29, 1.82) is 0 Å². The Morgan fingerprint density at radius 2 is 1.33 bits per heavy atom. The first-order valence-electron chi connectivity index (χ1n) is 5.08. The molecule has 0 aliphatic heterocycles. The molecule has 4 nitrogen and oxygen atoms in total. The van der Waals surface area contributed by atoms with Crippen LogP contribution in [0.15, 0.2) is 0 Å². The second-order valence-corrected chi connectivity index (χ2v) is 5.10. The Labute approximate surface area is 91.9 Å². The fraction of sp³-hybridized carbons (Fsp3) is 0.909. The first-order chi connectivity index (χ1) is 6.63. The van der Waals surface area contributed by atoms with Crippen LogP contribution in [-0.2, 0) is 4.79 Å². The molecule has 0 fully saturated rings. The topological polar surface area (TPSA) is 77.8 Å². The zero-order valence-corrected chi connectivity index (χ0v) is 10.4. The lowest BCUT2D eigenvalue weighted by atomic mass is 9.94. The molecule has 3 N–H and O–H groups in total. The highest BCUT2D eigenvalue weighted by Crippen LogP contribution is 2.16. The highest BCUT2D eigenvalue weighted by Gasteiger charge is 2.31. The summed E-state index contributed by atoms with van der Waals surface area (Å²) in [6.45, 7) is 9.12. The lowest BCUT2D eigenvalue weighted by Gasteiger charge is -2.17. The third-order valence-electron chi connectivity index (χ3n) is 2.27. The first-order valence-corrected chi connectivity index (χ1v) is 5.08. The van der Waals surface area contributed by atoms with Gasteiger partial charge in [0.05, 0.1) is 13.2 Å². The van der Waals surface area contributed by atoms with E-state index in [2.05, 4.69) is 27.7 Å². The summed E-state index contributed by atoms with van der Waals surface area (Å²) in [5.74, 6) is -1.19.